The lowest BCUT2D eigenvalue weighted by atomic mass is 10.2. The zero-order valence-corrected chi connectivity index (χ0v) is 7.44. The summed E-state index contributed by atoms with van der Waals surface area (Å²) < 4.78 is 0. The Labute approximate surface area is 81.4 Å². The van der Waals surface area contributed by atoms with Gasteiger partial charge in [-0.15, -0.1) is 0 Å². The van der Waals surface area contributed by atoms with Crippen LogP contribution in [0.4, 0.5) is 10.5 Å². The van der Waals surface area contributed by atoms with Crippen LogP contribution in [0.2, 0.25) is 0 Å². The second kappa shape index (κ2) is 4.81. The number of hydrogen-bond donors (Lipinski definition) is 2. The maximum Gasteiger partial charge on any atom is 0.316 e. The van der Waals surface area contributed by atoms with Crippen molar-refractivity contribution in [2.24, 2.45) is 5.73 Å². The van der Waals surface area contributed by atoms with Gasteiger partial charge in [-0.3, -0.25) is 4.79 Å². The van der Waals surface area contributed by atoms with Gasteiger partial charge in [-0.25, -0.2) is 4.79 Å². The third-order valence-corrected chi connectivity index (χ3v) is 1.55. The Morgan fingerprint density at radius 3 is 2.43 bits per heavy atom. The average molecular weight is 190 g/mol. The van der Waals surface area contributed by atoms with Gasteiger partial charge in [0.2, 0.25) is 0 Å². The van der Waals surface area contributed by atoms with Crippen molar-refractivity contribution in [2.45, 2.75) is 0 Å². The fourth-order valence-electron chi connectivity index (χ4n) is 0.970. The molecular formula is C10H10N2O2. The van der Waals surface area contributed by atoms with E-state index in [-0.39, 0.29) is 0 Å². The highest BCUT2D eigenvalue weighted by Gasteiger charge is 1.94. The first-order valence-electron chi connectivity index (χ1n) is 4.01. The molecule has 0 unspecified atom stereocenters. The van der Waals surface area contributed by atoms with E-state index in [1.165, 1.54) is 6.08 Å². The number of primary amides is 1. The van der Waals surface area contributed by atoms with E-state index in [0.717, 1.165) is 5.56 Å². The molecule has 0 fully saturated rings. The topological polar surface area (TPSA) is 72.2 Å². The van der Waals surface area contributed by atoms with Gasteiger partial charge in [0.25, 0.3) is 0 Å². The number of hydrogen-bond acceptors (Lipinski definition) is 2. The Morgan fingerprint density at radius 1 is 1.29 bits per heavy atom. The van der Waals surface area contributed by atoms with Crippen LogP contribution in [0.5, 0.6) is 0 Å². The lowest BCUT2D eigenvalue weighted by Crippen LogP contribution is -2.19. The fourth-order valence-corrected chi connectivity index (χ4v) is 0.970. The molecule has 0 saturated carbocycles. The van der Waals surface area contributed by atoms with Gasteiger partial charge in [0.1, 0.15) is 6.29 Å². The molecule has 1 aromatic carbocycles. The third kappa shape index (κ3) is 3.10. The zero-order valence-electron chi connectivity index (χ0n) is 7.44. The minimum Gasteiger partial charge on any atom is -0.351 e. The molecule has 4 heteroatoms. The predicted octanol–water partition coefficient (Wildman–Crippen LogP) is 1.39. The van der Waals surface area contributed by atoms with Crippen molar-refractivity contribution >= 4 is 24.1 Å². The molecule has 4 nitrogen and oxygen atoms in total. The summed E-state index contributed by atoms with van der Waals surface area (Å²) >= 11 is 0. The molecule has 2 amide bonds. The van der Waals surface area contributed by atoms with Crippen LogP contribution in [-0.4, -0.2) is 12.3 Å². The molecule has 0 radical (unpaired) electrons. The molecule has 0 spiro atoms. The molecule has 14 heavy (non-hydrogen) atoms. The molecular weight excluding hydrogens is 180 g/mol. The van der Waals surface area contributed by atoms with Crippen LogP contribution < -0.4 is 11.1 Å². The molecule has 0 aliphatic rings. The Bertz CT molecular complexity index is 355. The molecule has 0 saturated heterocycles. The number of benzene rings is 1. The zero-order chi connectivity index (χ0) is 10.4. The number of aldehydes is 1. The molecule has 1 aromatic rings. The summed E-state index contributed by atoms with van der Waals surface area (Å²) in [5.74, 6) is 0. The van der Waals surface area contributed by atoms with Gasteiger partial charge in [-0.05, 0) is 23.8 Å². The molecule has 0 bridgehead atoms. The Balaban J connectivity index is 2.73. The summed E-state index contributed by atoms with van der Waals surface area (Å²) in [7, 11) is 0. The number of nitrogens with one attached hydrogen (secondary N) is 1. The van der Waals surface area contributed by atoms with Gasteiger partial charge in [0, 0.05) is 5.69 Å². The molecule has 0 aromatic heterocycles. The van der Waals surface area contributed by atoms with Crippen LogP contribution in [0, 0.1) is 0 Å². The number of urea groups is 1. The van der Waals surface area contributed by atoms with Crippen LogP contribution in [0.15, 0.2) is 30.3 Å². The molecule has 0 aliphatic heterocycles. The highest BCUT2D eigenvalue weighted by molar-refractivity contribution is 5.87. The lowest BCUT2D eigenvalue weighted by Gasteiger charge is -2.00. The van der Waals surface area contributed by atoms with E-state index in [4.69, 9.17) is 5.73 Å². The minimum atomic E-state index is -0.596. The van der Waals surface area contributed by atoms with Crippen molar-refractivity contribution in [1.29, 1.82) is 0 Å². The monoisotopic (exact) mass is 190 g/mol. The summed E-state index contributed by atoms with van der Waals surface area (Å²) in [6, 6.07) is 6.35. The van der Waals surface area contributed by atoms with Crippen LogP contribution in [0.1, 0.15) is 5.56 Å². The normalized spacial score (nSPS) is 10.0. The number of allylic oxidation sites excluding steroid dienone is 1. The molecule has 0 atom stereocenters. The number of amides is 2. The largest absolute Gasteiger partial charge is 0.351 e. The highest BCUT2D eigenvalue weighted by atomic mass is 16.2. The van der Waals surface area contributed by atoms with Gasteiger partial charge in [0.15, 0.2) is 0 Å². The van der Waals surface area contributed by atoms with E-state index in [9.17, 15) is 9.59 Å². The minimum absolute atomic E-state index is 0.596. The van der Waals surface area contributed by atoms with Gasteiger partial charge in [-0.1, -0.05) is 18.2 Å². The van der Waals surface area contributed by atoms with Crippen LogP contribution in [-0.2, 0) is 4.79 Å². The molecule has 0 heterocycles. The van der Waals surface area contributed by atoms with Crippen LogP contribution >= 0.6 is 0 Å². The van der Waals surface area contributed by atoms with Crippen molar-refractivity contribution in [3.8, 4) is 0 Å². The molecule has 3 N–H and O–H groups in total. The van der Waals surface area contributed by atoms with Crippen LogP contribution in [0.3, 0.4) is 0 Å². The SMILES string of the molecule is NC(=O)Nc1ccc(C=CC=O)cc1. The van der Waals surface area contributed by atoms with E-state index in [2.05, 4.69) is 5.32 Å². The molecule has 1 rings (SSSR count). The maximum atomic E-state index is 10.5. The van der Waals surface area contributed by atoms with Crippen LogP contribution in [0.25, 0.3) is 6.08 Å². The van der Waals surface area contributed by atoms with E-state index in [0.29, 0.717) is 12.0 Å². The summed E-state index contributed by atoms with van der Waals surface area (Å²) in [6.07, 6.45) is 3.77. The first-order chi connectivity index (χ1) is 6.72. The predicted molar refractivity (Wildman–Crippen MR) is 54.7 cm³/mol. The molecule has 0 aliphatic carbocycles. The number of rotatable bonds is 3. The van der Waals surface area contributed by atoms with Gasteiger partial charge in [0.05, 0.1) is 0 Å². The highest BCUT2D eigenvalue weighted by Crippen LogP contribution is 2.09. The van der Waals surface area contributed by atoms with Crippen molar-refractivity contribution in [3.63, 3.8) is 0 Å². The Kier molecular flexibility index (Phi) is 3.43. The van der Waals surface area contributed by atoms with Gasteiger partial charge in [-0.2, -0.15) is 0 Å². The lowest BCUT2D eigenvalue weighted by molar-refractivity contribution is -0.104. The second-order valence-corrected chi connectivity index (χ2v) is 2.61. The summed E-state index contributed by atoms with van der Waals surface area (Å²) in [5.41, 5.74) is 6.44. The van der Waals surface area contributed by atoms with Gasteiger partial charge < -0.3 is 11.1 Å². The smallest absolute Gasteiger partial charge is 0.316 e. The number of carbonyl (C=O) groups excluding carboxylic acids is 2. The van der Waals surface area contributed by atoms with Crippen molar-refractivity contribution in [2.75, 3.05) is 5.32 Å². The first-order valence-corrected chi connectivity index (χ1v) is 4.01. The summed E-state index contributed by atoms with van der Waals surface area (Å²) in [5, 5.41) is 2.43. The van der Waals surface area contributed by atoms with Crippen molar-refractivity contribution in [1.82, 2.24) is 0 Å². The standard InChI is InChI=1S/C10H10N2O2/c11-10(14)12-9-5-3-8(4-6-9)2-1-7-13/h1-7H,(H3,11,12,14). The molecule has 72 valence electrons. The van der Waals surface area contributed by atoms with Crippen molar-refractivity contribution < 1.29 is 9.59 Å². The Hall–Kier alpha value is -2.10. The summed E-state index contributed by atoms with van der Waals surface area (Å²) in [6.45, 7) is 0. The average Bonchev–Trinajstić information content (AvgIpc) is 2.16. The summed E-state index contributed by atoms with van der Waals surface area (Å²) in [4.78, 5) is 20.5. The van der Waals surface area contributed by atoms with E-state index in [1.807, 2.05) is 0 Å². The Morgan fingerprint density at radius 2 is 1.93 bits per heavy atom. The van der Waals surface area contributed by atoms with E-state index in [1.54, 1.807) is 30.3 Å². The van der Waals surface area contributed by atoms with Crippen molar-refractivity contribution in [3.05, 3.63) is 35.9 Å². The number of nitrogens with two attached hydrogens (primary N) is 1. The number of anilines is 1. The third-order valence-electron chi connectivity index (χ3n) is 1.55. The first kappa shape index (κ1) is 9.98. The number of carbonyl (C=O) groups is 2. The van der Waals surface area contributed by atoms with E-state index < -0.39 is 6.03 Å². The van der Waals surface area contributed by atoms with E-state index >= 15 is 0 Å². The maximum absolute atomic E-state index is 10.5. The van der Waals surface area contributed by atoms with Gasteiger partial charge >= 0.3 is 6.03 Å². The second-order valence-electron chi connectivity index (χ2n) is 2.61. The fraction of sp³-hybridized carbons (Fsp3) is 0. The quantitative estimate of drug-likeness (QED) is 0.558.